The number of para-hydroxylation sites is 1. The second-order valence-electron chi connectivity index (χ2n) is 4.00. The third kappa shape index (κ3) is 3.86. The van der Waals surface area contributed by atoms with Gasteiger partial charge in [0, 0.05) is 6.54 Å². The molecule has 6 heteroatoms. The molecule has 0 atom stereocenters. The third-order valence-corrected chi connectivity index (χ3v) is 2.94. The zero-order chi connectivity index (χ0) is 14.4. The van der Waals surface area contributed by atoms with Crippen molar-refractivity contribution in [2.75, 3.05) is 25.9 Å². The lowest BCUT2D eigenvalue weighted by Crippen LogP contribution is -2.37. The summed E-state index contributed by atoms with van der Waals surface area (Å²) in [5, 5.41) is 0.320. The van der Waals surface area contributed by atoms with Crippen LogP contribution < -0.4 is 5.73 Å². The fraction of sp³-hybridized carbons (Fsp3) is 0.385. The van der Waals surface area contributed by atoms with E-state index in [1.54, 1.807) is 18.2 Å². The predicted octanol–water partition coefficient (Wildman–Crippen LogP) is 1.95. The number of amides is 1. The normalized spacial score (nSPS) is 10.1. The number of ether oxygens (including phenoxy) is 1. The molecule has 19 heavy (non-hydrogen) atoms. The lowest BCUT2D eigenvalue weighted by atomic mass is 10.1. The predicted molar refractivity (Wildman–Crippen MR) is 74.1 cm³/mol. The van der Waals surface area contributed by atoms with Gasteiger partial charge in [0.15, 0.2) is 0 Å². The number of esters is 1. The molecule has 5 nitrogen and oxygen atoms in total. The molecule has 0 fully saturated rings. The highest BCUT2D eigenvalue weighted by molar-refractivity contribution is 6.33. The number of hydrogen-bond donors (Lipinski definition) is 1. The number of nitrogen functional groups attached to an aromatic ring is 1. The monoisotopic (exact) mass is 284 g/mol. The van der Waals surface area contributed by atoms with Crippen molar-refractivity contribution >= 4 is 29.2 Å². The van der Waals surface area contributed by atoms with Gasteiger partial charge in [-0.15, -0.1) is 0 Å². The average molecular weight is 285 g/mol. The number of methoxy groups -OCH3 is 1. The molecule has 1 aromatic rings. The van der Waals surface area contributed by atoms with Crippen molar-refractivity contribution in [2.24, 2.45) is 0 Å². The topological polar surface area (TPSA) is 72.6 Å². The molecule has 1 amide bonds. The Hall–Kier alpha value is -1.75. The fourth-order valence-corrected chi connectivity index (χ4v) is 1.81. The van der Waals surface area contributed by atoms with Gasteiger partial charge in [0.05, 0.1) is 23.4 Å². The first kappa shape index (κ1) is 15.3. The van der Waals surface area contributed by atoms with Gasteiger partial charge in [-0.05, 0) is 18.6 Å². The SMILES string of the molecule is CCCN(CC(=O)OC)C(=O)c1cccc(Cl)c1N. The van der Waals surface area contributed by atoms with Crippen LogP contribution in [0.15, 0.2) is 18.2 Å². The number of halogens is 1. The van der Waals surface area contributed by atoms with E-state index in [1.165, 1.54) is 12.0 Å². The maximum atomic E-state index is 12.3. The number of benzene rings is 1. The Labute approximate surface area is 117 Å². The van der Waals surface area contributed by atoms with Crippen molar-refractivity contribution in [3.8, 4) is 0 Å². The van der Waals surface area contributed by atoms with E-state index >= 15 is 0 Å². The van der Waals surface area contributed by atoms with Gasteiger partial charge in [-0.3, -0.25) is 9.59 Å². The van der Waals surface area contributed by atoms with Crippen molar-refractivity contribution in [3.63, 3.8) is 0 Å². The molecule has 0 aliphatic heterocycles. The van der Waals surface area contributed by atoms with Crippen LogP contribution in [0.4, 0.5) is 5.69 Å². The minimum absolute atomic E-state index is 0.102. The summed E-state index contributed by atoms with van der Waals surface area (Å²) in [5.41, 5.74) is 6.30. The number of rotatable bonds is 5. The molecule has 0 aromatic heterocycles. The highest BCUT2D eigenvalue weighted by atomic mass is 35.5. The van der Waals surface area contributed by atoms with Gasteiger partial charge in [-0.25, -0.2) is 0 Å². The van der Waals surface area contributed by atoms with Gasteiger partial charge >= 0.3 is 5.97 Å². The summed E-state index contributed by atoms with van der Waals surface area (Å²) in [6.07, 6.45) is 0.725. The van der Waals surface area contributed by atoms with E-state index in [0.717, 1.165) is 6.42 Å². The van der Waals surface area contributed by atoms with E-state index in [9.17, 15) is 9.59 Å². The number of carbonyl (C=O) groups excluding carboxylic acids is 2. The van der Waals surface area contributed by atoms with Crippen LogP contribution in [0.5, 0.6) is 0 Å². The maximum Gasteiger partial charge on any atom is 0.325 e. The first-order valence-corrected chi connectivity index (χ1v) is 6.29. The van der Waals surface area contributed by atoms with Crippen molar-refractivity contribution in [1.29, 1.82) is 0 Å². The van der Waals surface area contributed by atoms with E-state index in [1.807, 2.05) is 6.92 Å². The summed E-state index contributed by atoms with van der Waals surface area (Å²) in [7, 11) is 1.28. The Kier molecular flexibility index (Phi) is 5.63. The van der Waals surface area contributed by atoms with Crippen LogP contribution in [0, 0.1) is 0 Å². The number of nitrogens with two attached hydrogens (primary N) is 1. The average Bonchev–Trinajstić information content (AvgIpc) is 2.40. The Morgan fingerprint density at radius 2 is 2.11 bits per heavy atom. The highest BCUT2D eigenvalue weighted by Crippen LogP contribution is 2.23. The molecule has 104 valence electrons. The fourth-order valence-electron chi connectivity index (χ4n) is 1.64. The molecule has 2 N–H and O–H groups in total. The van der Waals surface area contributed by atoms with E-state index in [4.69, 9.17) is 17.3 Å². The van der Waals surface area contributed by atoms with E-state index in [2.05, 4.69) is 4.74 Å². The molecule has 1 aromatic carbocycles. The van der Waals surface area contributed by atoms with Gasteiger partial charge in [0.1, 0.15) is 6.54 Å². The Bertz CT molecular complexity index is 477. The number of nitrogens with zero attached hydrogens (tertiary/aromatic N) is 1. The van der Waals surface area contributed by atoms with Gasteiger partial charge in [-0.2, -0.15) is 0 Å². The van der Waals surface area contributed by atoms with Crippen LogP contribution in [0.2, 0.25) is 5.02 Å². The van der Waals surface area contributed by atoms with Crippen molar-refractivity contribution in [1.82, 2.24) is 4.90 Å². The van der Waals surface area contributed by atoms with Gasteiger partial charge in [0.25, 0.3) is 5.91 Å². The number of carbonyl (C=O) groups is 2. The molecule has 0 radical (unpaired) electrons. The Morgan fingerprint density at radius 3 is 2.68 bits per heavy atom. The first-order chi connectivity index (χ1) is 9.01. The molecule has 0 heterocycles. The first-order valence-electron chi connectivity index (χ1n) is 5.91. The largest absolute Gasteiger partial charge is 0.468 e. The molecule has 1 rings (SSSR count). The summed E-state index contributed by atoms with van der Waals surface area (Å²) < 4.78 is 4.58. The molecule has 0 unspecified atom stereocenters. The summed E-state index contributed by atoms with van der Waals surface area (Å²) in [6, 6.07) is 4.84. The zero-order valence-electron chi connectivity index (χ0n) is 11.0. The number of hydrogen-bond acceptors (Lipinski definition) is 4. The van der Waals surface area contributed by atoms with Crippen LogP contribution in [0.3, 0.4) is 0 Å². The van der Waals surface area contributed by atoms with E-state index in [-0.39, 0.29) is 18.1 Å². The minimum Gasteiger partial charge on any atom is -0.468 e. The third-order valence-electron chi connectivity index (χ3n) is 2.61. The summed E-state index contributed by atoms with van der Waals surface area (Å²) >= 11 is 5.89. The zero-order valence-corrected chi connectivity index (χ0v) is 11.7. The summed E-state index contributed by atoms with van der Waals surface area (Å²) in [4.78, 5) is 25.0. The second kappa shape index (κ2) is 6.99. The summed E-state index contributed by atoms with van der Waals surface area (Å²) in [5.74, 6) is -0.797. The van der Waals surface area contributed by atoms with Crippen LogP contribution >= 0.6 is 11.6 Å². The molecule has 0 spiro atoms. The molecule has 0 saturated heterocycles. The van der Waals surface area contributed by atoms with Crippen molar-refractivity contribution < 1.29 is 14.3 Å². The smallest absolute Gasteiger partial charge is 0.325 e. The maximum absolute atomic E-state index is 12.3. The van der Waals surface area contributed by atoms with E-state index in [0.29, 0.717) is 17.1 Å². The van der Waals surface area contributed by atoms with Gasteiger partial charge in [0.2, 0.25) is 0 Å². The minimum atomic E-state index is -0.470. The van der Waals surface area contributed by atoms with Crippen LogP contribution in [0.25, 0.3) is 0 Å². The Morgan fingerprint density at radius 1 is 1.42 bits per heavy atom. The van der Waals surface area contributed by atoms with Crippen LogP contribution in [-0.4, -0.2) is 37.0 Å². The molecule has 0 aliphatic carbocycles. The lowest BCUT2D eigenvalue weighted by molar-refractivity contribution is -0.141. The van der Waals surface area contributed by atoms with Gasteiger partial charge in [-0.1, -0.05) is 24.6 Å². The highest BCUT2D eigenvalue weighted by Gasteiger charge is 2.21. The second-order valence-corrected chi connectivity index (χ2v) is 4.41. The van der Waals surface area contributed by atoms with E-state index < -0.39 is 5.97 Å². The van der Waals surface area contributed by atoms with Crippen LogP contribution in [0.1, 0.15) is 23.7 Å². The quantitative estimate of drug-likeness (QED) is 0.662. The van der Waals surface area contributed by atoms with Gasteiger partial charge < -0.3 is 15.4 Å². The van der Waals surface area contributed by atoms with Crippen molar-refractivity contribution in [3.05, 3.63) is 28.8 Å². The lowest BCUT2D eigenvalue weighted by Gasteiger charge is -2.21. The number of anilines is 1. The molecular weight excluding hydrogens is 268 g/mol. The van der Waals surface area contributed by atoms with Crippen molar-refractivity contribution in [2.45, 2.75) is 13.3 Å². The van der Waals surface area contributed by atoms with Crippen LogP contribution in [-0.2, 0) is 9.53 Å². The molecule has 0 saturated carbocycles. The summed E-state index contributed by atoms with van der Waals surface area (Å²) in [6.45, 7) is 2.26. The molecule has 0 aliphatic rings. The Balaban J connectivity index is 2.98. The standard InChI is InChI=1S/C13H17ClN2O3/c1-3-7-16(8-11(17)19-2)13(18)9-5-4-6-10(14)12(9)15/h4-6H,3,7-8,15H2,1-2H3. The molecular formula is C13H17ClN2O3. The molecule has 0 bridgehead atoms.